The zero-order valence-corrected chi connectivity index (χ0v) is 14.7. The lowest BCUT2D eigenvalue weighted by Crippen LogP contribution is -2.10. The number of unbranched alkanes of at least 4 members (excludes halogenated alkanes) is 2. The Kier molecular flexibility index (Phi) is 18.2. The van der Waals surface area contributed by atoms with Crippen molar-refractivity contribution >= 4 is 5.78 Å². The van der Waals surface area contributed by atoms with E-state index in [-0.39, 0.29) is 0 Å². The van der Waals surface area contributed by atoms with E-state index in [4.69, 9.17) is 14.2 Å². The molecule has 22 heavy (non-hydrogen) atoms. The van der Waals surface area contributed by atoms with Gasteiger partial charge in [0.25, 0.3) is 0 Å². The van der Waals surface area contributed by atoms with Crippen LogP contribution in [0, 0.1) is 0 Å². The summed E-state index contributed by atoms with van der Waals surface area (Å²) >= 11 is 0. The molecule has 0 atom stereocenters. The van der Waals surface area contributed by atoms with Gasteiger partial charge in [0.2, 0.25) is 0 Å². The van der Waals surface area contributed by atoms with Crippen molar-refractivity contribution in [1.29, 1.82) is 0 Å². The van der Waals surface area contributed by atoms with Gasteiger partial charge < -0.3 is 14.2 Å². The molecule has 0 N–H and O–H groups in total. The molecule has 4 heteroatoms. The Morgan fingerprint density at radius 2 is 1.09 bits per heavy atom. The summed E-state index contributed by atoms with van der Waals surface area (Å²) in [7, 11) is 0. The van der Waals surface area contributed by atoms with Gasteiger partial charge in [-0.05, 0) is 25.7 Å². The molecule has 1 rings (SSSR count). The van der Waals surface area contributed by atoms with E-state index in [1.54, 1.807) is 0 Å². The van der Waals surface area contributed by atoms with Crippen LogP contribution in [0.2, 0.25) is 0 Å². The van der Waals surface area contributed by atoms with Crippen LogP contribution < -0.4 is 0 Å². The number of ketones is 1. The zero-order valence-electron chi connectivity index (χ0n) is 14.7. The number of Topliss-reactive ketones (excluding diaryl/α,β-unsaturated/α-hetero) is 1. The number of ether oxygens (including phenoxy) is 3. The lowest BCUT2D eigenvalue weighted by atomic mass is 10.00. The molecule has 0 radical (unpaired) electrons. The van der Waals surface area contributed by atoms with E-state index in [9.17, 15) is 4.79 Å². The Labute approximate surface area is 136 Å². The van der Waals surface area contributed by atoms with Gasteiger partial charge in [-0.1, -0.05) is 33.1 Å². The van der Waals surface area contributed by atoms with Crippen LogP contribution in [0.1, 0.15) is 71.6 Å². The molecule has 0 bridgehead atoms. The summed E-state index contributed by atoms with van der Waals surface area (Å²) in [6, 6.07) is 0. The van der Waals surface area contributed by atoms with Crippen molar-refractivity contribution < 1.29 is 19.0 Å². The van der Waals surface area contributed by atoms with Gasteiger partial charge in [0.15, 0.2) is 0 Å². The highest BCUT2D eigenvalue weighted by molar-refractivity contribution is 5.78. The molecule has 1 saturated carbocycles. The Morgan fingerprint density at radius 3 is 1.41 bits per heavy atom. The number of rotatable bonds is 12. The summed E-state index contributed by atoms with van der Waals surface area (Å²) in [5.74, 6) is 0.464. The molecule has 132 valence electrons. The molecule has 1 aliphatic rings. The largest absolute Gasteiger partial charge is 0.379 e. The monoisotopic (exact) mass is 316 g/mol. The molecule has 0 spiro atoms. The normalized spacial score (nSPS) is 14.5. The molecule has 0 saturated heterocycles. The first-order chi connectivity index (χ1) is 10.8. The third-order valence-corrected chi connectivity index (χ3v) is 3.44. The third kappa shape index (κ3) is 17.6. The fourth-order valence-corrected chi connectivity index (χ4v) is 1.98. The van der Waals surface area contributed by atoms with Gasteiger partial charge in [0.05, 0.1) is 26.4 Å². The van der Waals surface area contributed by atoms with Crippen LogP contribution in [-0.2, 0) is 19.0 Å². The Balaban J connectivity index is 0.000000518. The van der Waals surface area contributed by atoms with Crippen molar-refractivity contribution in [2.24, 2.45) is 0 Å². The quantitative estimate of drug-likeness (QED) is 0.507. The maximum atomic E-state index is 10.5. The van der Waals surface area contributed by atoms with Crippen LogP contribution in [0.4, 0.5) is 0 Å². The minimum absolute atomic E-state index is 0.464. The SMILES string of the molecule is CCCCOCCOCCOCCCC.O=C1CCCCC1. The van der Waals surface area contributed by atoms with E-state index in [0.29, 0.717) is 32.2 Å². The second-order valence-electron chi connectivity index (χ2n) is 5.64. The Bertz CT molecular complexity index is 211. The van der Waals surface area contributed by atoms with Crippen molar-refractivity contribution in [3.63, 3.8) is 0 Å². The van der Waals surface area contributed by atoms with Crippen LogP contribution in [0.3, 0.4) is 0 Å². The van der Waals surface area contributed by atoms with E-state index >= 15 is 0 Å². The zero-order chi connectivity index (χ0) is 16.3. The summed E-state index contributed by atoms with van der Waals surface area (Å²) < 4.78 is 16.1. The number of carbonyl (C=O) groups is 1. The highest BCUT2D eigenvalue weighted by atomic mass is 16.5. The van der Waals surface area contributed by atoms with Crippen LogP contribution >= 0.6 is 0 Å². The van der Waals surface area contributed by atoms with Crippen molar-refractivity contribution in [2.45, 2.75) is 71.6 Å². The first kappa shape index (κ1) is 21.6. The second kappa shape index (κ2) is 18.6. The molecule has 0 aliphatic heterocycles. The maximum absolute atomic E-state index is 10.5. The third-order valence-electron chi connectivity index (χ3n) is 3.44. The van der Waals surface area contributed by atoms with Crippen LogP contribution in [0.25, 0.3) is 0 Å². The summed E-state index contributed by atoms with van der Waals surface area (Å²) in [5.41, 5.74) is 0. The van der Waals surface area contributed by atoms with E-state index < -0.39 is 0 Å². The molecule has 4 nitrogen and oxygen atoms in total. The molecule has 0 amide bonds. The van der Waals surface area contributed by atoms with Crippen LogP contribution in [0.15, 0.2) is 0 Å². The molecule has 0 aromatic heterocycles. The topological polar surface area (TPSA) is 44.8 Å². The highest BCUT2D eigenvalue weighted by Gasteiger charge is 2.05. The van der Waals surface area contributed by atoms with Crippen molar-refractivity contribution in [1.82, 2.24) is 0 Å². The van der Waals surface area contributed by atoms with Gasteiger partial charge in [-0.2, -0.15) is 0 Å². The molecule has 0 aromatic rings. The predicted octanol–water partition coefficient (Wildman–Crippen LogP) is 4.16. The summed E-state index contributed by atoms with van der Waals surface area (Å²) in [5, 5.41) is 0. The smallest absolute Gasteiger partial charge is 0.132 e. The van der Waals surface area contributed by atoms with E-state index in [1.165, 1.54) is 19.3 Å². The lowest BCUT2D eigenvalue weighted by Gasteiger charge is -2.06. The van der Waals surface area contributed by atoms with Gasteiger partial charge >= 0.3 is 0 Å². The van der Waals surface area contributed by atoms with Crippen LogP contribution in [-0.4, -0.2) is 45.4 Å². The van der Waals surface area contributed by atoms with Crippen LogP contribution in [0.5, 0.6) is 0 Å². The minimum atomic E-state index is 0.464. The maximum Gasteiger partial charge on any atom is 0.132 e. The molecule has 0 unspecified atom stereocenters. The average Bonchev–Trinajstić information content (AvgIpc) is 2.54. The van der Waals surface area contributed by atoms with E-state index in [2.05, 4.69) is 13.8 Å². The number of hydrogen-bond acceptors (Lipinski definition) is 4. The lowest BCUT2D eigenvalue weighted by molar-refractivity contribution is -0.120. The summed E-state index contributed by atoms with van der Waals surface area (Å²) in [6.07, 6.45) is 9.89. The summed E-state index contributed by atoms with van der Waals surface area (Å²) in [4.78, 5) is 10.5. The van der Waals surface area contributed by atoms with E-state index in [1.807, 2.05) is 0 Å². The van der Waals surface area contributed by atoms with Gasteiger partial charge in [0, 0.05) is 26.1 Å². The first-order valence-corrected chi connectivity index (χ1v) is 9.06. The van der Waals surface area contributed by atoms with E-state index in [0.717, 1.165) is 51.7 Å². The van der Waals surface area contributed by atoms with Gasteiger partial charge in [-0.25, -0.2) is 0 Å². The standard InChI is InChI=1S/C12H26O3.C6H10O/c1-3-5-7-13-9-11-15-12-10-14-8-6-4-2;7-6-4-2-1-3-5-6/h3-12H2,1-2H3;1-5H2. The molecule has 0 heterocycles. The average molecular weight is 316 g/mol. The van der Waals surface area contributed by atoms with Gasteiger partial charge in [-0.15, -0.1) is 0 Å². The predicted molar refractivity (Wildman–Crippen MR) is 90.4 cm³/mol. The number of hydrogen-bond donors (Lipinski definition) is 0. The fraction of sp³-hybridized carbons (Fsp3) is 0.944. The van der Waals surface area contributed by atoms with Gasteiger partial charge in [-0.3, -0.25) is 4.79 Å². The summed E-state index contributed by atoms with van der Waals surface area (Å²) in [6.45, 7) is 8.80. The van der Waals surface area contributed by atoms with Crippen molar-refractivity contribution in [2.75, 3.05) is 39.6 Å². The molecule has 0 aromatic carbocycles. The van der Waals surface area contributed by atoms with Gasteiger partial charge in [0.1, 0.15) is 5.78 Å². The second-order valence-corrected chi connectivity index (χ2v) is 5.64. The van der Waals surface area contributed by atoms with Crippen molar-refractivity contribution in [3.05, 3.63) is 0 Å². The van der Waals surface area contributed by atoms with Crippen molar-refractivity contribution in [3.8, 4) is 0 Å². The fourth-order valence-electron chi connectivity index (χ4n) is 1.98. The minimum Gasteiger partial charge on any atom is -0.379 e. The molecular formula is C18H36O4. The highest BCUT2D eigenvalue weighted by Crippen LogP contribution is 2.12. The number of carbonyl (C=O) groups excluding carboxylic acids is 1. The molecule has 1 aliphatic carbocycles. The molecule has 1 fully saturated rings. The molecular weight excluding hydrogens is 280 g/mol. The Morgan fingerprint density at radius 1 is 0.682 bits per heavy atom. The Hall–Kier alpha value is -0.450. The first-order valence-electron chi connectivity index (χ1n) is 9.06.